The second kappa shape index (κ2) is 8.74. The zero-order valence-electron chi connectivity index (χ0n) is 16.3. The maximum absolute atomic E-state index is 12.8. The molecule has 29 heavy (non-hydrogen) atoms. The van der Waals surface area contributed by atoms with Crippen molar-refractivity contribution in [3.63, 3.8) is 0 Å². The number of hydrogen-bond donors (Lipinski definition) is 2. The summed E-state index contributed by atoms with van der Waals surface area (Å²) in [4.78, 5) is 15.7. The Labute approximate surface area is 176 Å². The number of anilines is 1. The van der Waals surface area contributed by atoms with Crippen molar-refractivity contribution in [3.8, 4) is 0 Å². The van der Waals surface area contributed by atoms with Crippen molar-refractivity contribution < 1.29 is 13.2 Å². The second-order valence-corrected chi connectivity index (χ2v) is 8.47. The lowest BCUT2D eigenvalue weighted by Gasteiger charge is -2.21. The molecule has 11 heteroatoms. The normalized spacial score (nSPS) is 17.7. The van der Waals surface area contributed by atoms with E-state index in [0.717, 1.165) is 29.4 Å². The molecular formula is C18H22ClF3N6S. The first kappa shape index (κ1) is 21.6. The molecule has 1 unspecified atom stereocenters. The van der Waals surface area contributed by atoms with Gasteiger partial charge in [-0.1, -0.05) is 11.6 Å². The molecule has 1 saturated heterocycles. The maximum Gasteiger partial charge on any atom is 0.417 e. The molecule has 0 radical (unpaired) electrons. The minimum absolute atomic E-state index is 0.00232. The van der Waals surface area contributed by atoms with Crippen molar-refractivity contribution >= 4 is 34.7 Å². The average molecular weight is 447 g/mol. The number of halogens is 4. The van der Waals surface area contributed by atoms with Gasteiger partial charge in [0, 0.05) is 37.3 Å². The first-order chi connectivity index (χ1) is 13.7. The van der Waals surface area contributed by atoms with Crippen LogP contribution >= 0.6 is 22.9 Å². The molecule has 0 aliphatic carbocycles. The van der Waals surface area contributed by atoms with Gasteiger partial charge >= 0.3 is 6.18 Å². The summed E-state index contributed by atoms with van der Waals surface area (Å²) in [6, 6.07) is 0.990. The smallest absolute Gasteiger partial charge is 0.353 e. The van der Waals surface area contributed by atoms with Crippen LogP contribution in [0.5, 0.6) is 0 Å². The molecule has 3 rings (SSSR count). The first-order valence-corrected chi connectivity index (χ1v) is 10.2. The average Bonchev–Trinajstić information content (AvgIpc) is 3.24. The standard InChI is InChI=1S/C18H22ClF3N6S/c1-10-11(2)29-15(26-10)8-25-17(23-3)27-13-4-5-28(9-13)16-14(19)6-12(7-24-16)18(20,21)22/h6-7,13H,4-5,8-9H2,1-3H3,(H2,23,25,27). The fraction of sp³-hybridized carbons (Fsp3) is 0.500. The van der Waals surface area contributed by atoms with Gasteiger partial charge in [0.2, 0.25) is 0 Å². The third kappa shape index (κ3) is 5.30. The summed E-state index contributed by atoms with van der Waals surface area (Å²) in [5.41, 5.74) is 0.180. The summed E-state index contributed by atoms with van der Waals surface area (Å²) in [6.07, 6.45) is -2.85. The van der Waals surface area contributed by atoms with Gasteiger partial charge in [0.25, 0.3) is 0 Å². The van der Waals surface area contributed by atoms with E-state index < -0.39 is 11.7 Å². The van der Waals surface area contributed by atoms with E-state index in [0.29, 0.717) is 31.4 Å². The van der Waals surface area contributed by atoms with Crippen molar-refractivity contribution in [2.45, 2.75) is 39.0 Å². The highest BCUT2D eigenvalue weighted by Crippen LogP contribution is 2.34. The molecule has 0 amide bonds. The van der Waals surface area contributed by atoms with E-state index in [-0.39, 0.29) is 11.1 Å². The SMILES string of the molecule is CN=C(NCc1nc(C)c(C)s1)NC1CCN(c2ncc(C(F)(F)F)cc2Cl)C1. The molecule has 2 aromatic rings. The van der Waals surface area contributed by atoms with Crippen LogP contribution in [0.2, 0.25) is 5.02 Å². The van der Waals surface area contributed by atoms with Gasteiger partial charge in [0.1, 0.15) is 10.8 Å². The molecule has 0 spiro atoms. The number of guanidine groups is 1. The topological polar surface area (TPSA) is 65.4 Å². The Morgan fingerprint density at radius 3 is 2.76 bits per heavy atom. The van der Waals surface area contributed by atoms with Crippen molar-refractivity contribution in [1.29, 1.82) is 0 Å². The largest absolute Gasteiger partial charge is 0.417 e. The van der Waals surface area contributed by atoms with Gasteiger partial charge in [-0.25, -0.2) is 9.97 Å². The highest BCUT2D eigenvalue weighted by Gasteiger charge is 2.33. The number of aliphatic imine (C=N–C) groups is 1. The molecular weight excluding hydrogens is 425 g/mol. The number of pyridine rings is 1. The van der Waals surface area contributed by atoms with Gasteiger partial charge < -0.3 is 15.5 Å². The van der Waals surface area contributed by atoms with Gasteiger partial charge in [-0.15, -0.1) is 11.3 Å². The van der Waals surface area contributed by atoms with Gasteiger partial charge in [0.15, 0.2) is 5.96 Å². The van der Waals surface area contributed by atoms with Crippen LogP contribution in [0, 0.1) is 13.8 Å². The fourth-order valence-corrected chi connectivity index (χ4v) is 4.21. The Morgan fingerprint density at radius 1 is 1.41 bits per heavy atom. The highest BCUT2D eigenvalue weighted by atomic mass is 35.5. The van der Waals surface area contributed by atoms with Crippen LogP contribution in [-0.2, 0) is 12.7 Å². The Bertz CT molecular complexity index is 879. The molecule has 1 aliphatic heterocycles. The quantitative estimate of drug-likeness (QED) is 0.553. The minimum atomic E-state index is -4.46. The molecule has 6 nitrogen and oxygen atoms in total. The molecule has 0 saturated carbocycles. The molecule has 0 aromatic carbocycles. The number of nitrogens with one attached hydrogen (secondary N) is 2. The molecule has 2 aromatic heterocycles. The monoisotopic (exact) mass is 446 g/mol. The molecule has 2 N–H and O–H groups in total. The molecule has 158 valence electrons. The Hall–Kier alpha value is -2.07. The van der Waals surface area contributed by atoms with Crippen LogP contribution < -0.4 is 15.5 Å². The Balaban J connectivity index is 1.57. The van der Waals surface area contributed by atoms with E-state index in [1.165, 1.54) is 4.88 Å². The third-order valence-corrected chi connectivity index (χ3v) is 6.03. The molecule has 1 atom stereocenters. The van der Waals surface area contributed by atoms with E-state index in [1.54, 1.807) is 18.4 Å². The van der Waals surface area contributed by atoms with E-state index in [1.807, 2.05) is 18.7 Å². The predicted octanol–water partition coefficient (Wildman–Crippen LogP) is 3.77. The summed E-state index contributed by atoms with van der Waals surface area (Å²) < 4.78 is 38.4. The molecule has 1 aliphatic rings. The van der Waals surface area contributed by atoms with Crippen molar-refractivity contribution in [2.24, 2.45) is 4.99 Å². The number of hydrogen-bond acceptors (Lipinski definition) is 5. The summed E-state index contributed by atoms with van der Waals surface area (Å²) in [6.45, 7) is 5.79. The van der Waals surface area contributed by atoms with Crippen LogP contribution in [0.3, 0.4) is 0 Å². The number of thiazole rings is 1. The Kier molecular flexibility index (Phi) is 6.52. The van der Waals surface area contributed by atoms with E-state index in [9.17, 15) is 13.2 Å². The van der Waals surface area contributed by atoms with Crippen molar-refractivity contribution in [2.75, 3.05) is 25.0 Å². The summed E-state index contributed by atoms with van der Waals surface area (Å²) in [5.74, 6) is 1.01. The van der Waals surface area contributed by atoms with E-state index >= 15 is 0 Å². The van der Waals surface area contributed by atoms with Crippen LogP contribution in [0.4, 0.5) is 19.0 Å². The number of rotatable bonds is 4. The summed E-state index contributed by atoms with van der Waals surface area (Å²) in [5, 5.41) is 7.56. The number of nitrogens with zero attached hydrogens (tertiary/aromatic N) is 4. The van der Waals surface area contributed by atoms with Gasteiger partial charge in [-0.05, 0) is 26.3 Å². The second-order valence-electron chi connectivity index (χ2n) is 6.78. The predicted molar refractivity (Wildman–Crippen MR) is 110 cm³/mol. The summed E-state index contributed by atoms with van der Waals surface area (Å²) in [7, 11) is 1.69. The van der Waals surface area contributed by atoms with Crippen LogP contribution in [-0.4, -0.2) is 42.1 Å². The van der Waals surface area contributed by atoms with E-state index in [2.05, 4.69) is 25.6 Å². The zero-order valence-corrected chi connectivity index (χ0v) is 17.8. The van der Waals surface area contributed by atoms with E-state index in [4.69, 9.17) is 11.6 Å². The molecule has 1 fully saturated rings. The summed E-state index contributed by atoms with van der Waals surface area (Å²) >= 11 is 7.71. The highest BCUT2D eigenvalue weighted by molar-refractivity contribution is 7.11. The zero-order chi connectivity index (χ0) is 21.2. The first-order valence-electron chi connectivity index (χ1n) is 9.05. The fourth-order valence-electron chi connectivity index (χ4n) is 3.05. The van der Waals surface area contributed by atoms with Crippen LogP contribution in [0.1, 0.15) is 27.6 Å². The lowest BCUT2D eigenvalue weighted by molar-refractivity contribution is -0.137. The van der Waals surface area contributed by atoms with Gasteiger partial charge in [-0.2, -0.15) is 13.2 Å². The number of aromatic nitrogens is 2. The van der Waals surface area contributed by atoms with Crippen molar-refractivity contribution in [3.05, 3.63) is 38.4 Å². The maximum atomic E-state index is 12.8. The van der Waals surface area contributed by atoms with Crippen molar-refractivity contribution in [1.82, 2.24) is 20.6 Å². The van der Waals surface area contributed by atoms with Crippen LogP contribution in [0.25, 0.3) is 0 Å². The Morgan fingerprint density at radius 2 is 2.17 bits per heavy atom. The third-order valence-electron chi connectivity index (χ3n) is 4.68. The minimum Gasteiger partial charge on any atom is -0.353 e. The van der Waals surface area contributed by atoms with Gasteiger partial charge in [-0.3, -0.25) is 4.99 Å². The van der Waals surface area contributed by atoms with Gasteiger partial charge in [0.05, 0.1) is 22.8 Å². The lowest BCUT2D eigenvalue weighted by atomic mass is 10.2. The van der Waals surface area contributed by atoms with Crippen LogP contribution in [0.15, 0.2) is 17.3 Å². The molecule has 3 heterocycles. The number of alkyl halides is 3. The number of aryl methyl sites for hydroxylation is 2. The lowest BCUT2D eigenvalue weighted by Crippen LogP contribution is -2.44. The molecule has 0 bridgehead atoms.